The normalized spacial score (nSPS) is 22.6. The molecule has 1 aromatic carbocycles. The molecule has 2 aliphatic carbocycles. The maximum absolute atomic E-state index is 12.2. The highest BCUT2D eigenvalue weighted by Gasteiger charge is 2.39. The minimum Gasteiger partial charge on any atom is -0.321 e. The van der Waals surface area contributed by atoms with Crippen molar-refractivity contribution < 1.29 is 8.42 Å². The van der Waals surface area contributed by atoms with Crippen LogP contribution >= 0.6 is 11.6 Å². The average molecular weight is 300 g/mol. The second-order valence-electron chi connectivity index (χ2n) is 5.75. The SMILES string of the molecule is NC1(c2ccc(S(=O)(=O)C3CC3)c(Cl)c2)CCCC1. The van der Waals surface area contributed by atoms with Crippen LogP contribution in [0, 0.1) is 0 Å². The standard InChI is InChI=1S/C14H18ClNO2S/c15-12-9-10(14(16)7-1-2-8-14)3-6-13(12)19(17,18)11-4-5-11/h3,6,9,11H,1-2,4-5,7-8,16H2. The first-order valence-electron chi connectivity index (χ1n) is 6.76. The Labute approximate surface area is 119 Å². The molecule has 0 unspecified atom stereocenters. The van der Waals surface area contributed by atoms with Crippen LogP contribution in [0.2, 0.25) is 5.02 Å². The summed E-state index contributed by atoms with van der Waals surface area (Å²) < 4.78 is 24.4. The molecule has 0 aromatic heterocycles. The Morgan fingerprint density at radius 2 is 1.84 bits per heavy atom. The molecule has 104 valence electrons. The van der Waals surface area contributed by atoms with E-state index >= 15 is 0 Å². The van der Waals surface area contributed by atoms with Crippen molar-refractivity contribution in [3.8, 4) is 0 Å². The summed E-state index contributed by atoms with van der Waals surface area (Å²) in [7, 11) is -3.23. The van der Waals surface area contributed by atoms with E-state index < -0.39 is 9.84 Å². The van der Waals surface area contributed by atoms with Crippen LogP contribution in [-0.2, 0) is 15.4 Å². The Morgan fingerprint density at radius 3 is 2.37 bits per heavy atom. The summed E-state index contributed by atoms with van der Waals surface area (Å²) in [5.74, 6) is 0. The third-order valence-electron chi connectivity index (χ3n) is 4.27. The van der Waals surface area contributed by atoms with E-state index in [-0.39, 0.29) is 15.7 Å². The zero-order chi connectivity index (χ0) is 13.7. The van der Waals surface area contributed by atoms with Gasteiger partial charge in [0.05, 0.1) is 15.2 Å². The number of hydrogen-bond donors (Lipinski definition) is 1. The molecule has 19 heavy (non-hydrogen) atoms. The second kappa shape index (κ2) is 4.47. The minimum absolute atomic E-state index is 0.228. The fraction of sp³-hybridized carbons (Fsp3) is 0.571. The van der Waals surface area contributed by atoms with Gasteiger partial charge < -0.3 is 5.73 Å². The van der Waals surface area contributed by atoms with E-state index in [0.29, 0.717) is 5.02 Å². The van der Waals surface area contributed by atoms with E-state index in [1.54, 1.807) is 12.1 Å². The molecular formula is C14H18ClNO2S. The molecule has 5 heteroatoms. The Bertz CT molecular complexity index is 602. The van der Waals surface area contributed by atoms with Crippen LogP contribution in [0.4, 0.5) is 0 Å². The van der Waals surface area contributed by atoms with Crippen LogP contribution in [0.5, 0.6) is 0 Å². The number of benzene rings is 1. The maximum atomic E-state index is 12.2. The molecule has 0 atom stereocenters. The van der Waals surface area contributed by atoms with E-state index in [1.165, 1.54) is 0 Å². The Balaban J connectivity index is 1.98. The molecule has 0 aliphatic heterocycles. The first kappa shape index (κ1) is 13.4. The molecule has 2 fully saturated rings. The first-order chi connectivity index (χ1) is 8.93. The van der Waals surface area contributed by atoms with Gasteiger partial charge in [-0.05, 0) is 43.4 Å². The lowest BCUT2D eigenvalue weighted by atomic mass is 9.89. The van der Waals surface area contributed by atoms with Gasteiger partial charge in [-0.25, -0.2) is 8.42 Å². The van der Waals surface area contributed by atoms with Gasteiger partial charge in [0.15, 0.2) is 9.84 Å². The van der Waals surface area contributed by atoms with Gasteiger partial charge in [-0.1, -0.05) is 30.5 Å². The van der Waals surface area contributed by atoms with E-state index in [0.717, 1.165) is 44.1 Å². The van der Waals surface area contributed by atoms with E-state index in [1.807, 2.05) is 6.07 Å². The minimum atomic E-state index is -3.23. The van der Waals surface area contributed by atoms with E-state index in [9.17, 15) is 8.42 Å². The number of sulfone groups is 1. The molecule has 0 saturated heterocycles. The molecule has 3 nitrogen and oxygen atoms in total. The van der Waals surface area contributed by atoms with Gasteiger partial charge in [-0.3, -0.25) is 0 Å². The van der Waals surface area contributed by atoms with Crippen molar-refractivity contribution in [1.29, 1.82) is 0 Å². The summed E-state index contributed by atoms with van der Waals surface area (Å²) in [6.45, 7) is 0. The molecule has 0 spiro atoms. The first-order valence-corrected chi connectivity index (χ1v) is 8.69. The monoisotopic (exact) mass is 299 g/mol. The summed E-state index contributed by atoms with van der Waals surface area (Å²) in [5.41, 5.74) is 7.01. The molecule has 0 radical (unpaired) electrons. The molecule has 0 amide bonds. The fourth-order valence-electron chi connectivity index (χ4n) is 2.89. The number of halogens is 1. The van der Waals surface area contributed by atoms with E-state index in [2.05, 4.69) is 0 Å². The fourth-order valence-corrected chi connectivity index (χ4v) is 5.10. The molecule has 0 bridgehead atoms. The van der Waals surface area contributed by atoms with Gasteiger partial charge in [-0.15, -0.1) is 0 Å². The van der Waals surface area contributed by atoms with Crippen LogP contribution in [0.3, 0.4) is 0 Å². The number of rotatable bonds is 3. The maximum Gasteiger partial charge on any atom is 0.182 e. The van der Waals surface area contributed by atoms with Crippen LogP contribution in [0.1, 0.15) is 44.1 Å². The van der Waals surface area contributed by atoms with Crippen LogP contribution < -0.4 is 5.73 Å². The van der Waals surface area contributed by atoms with Crippen LogP contribution in [0.15, 0.2) is 23.1 Å². The van der Waals surface area contributed by atoms with Gasteiger partial charge in [0.2, 0.25) is 0 Å². The van der Waals surface area contributed by atoms with Crippen molar-refractivity contribution in [3.63, 3.8) is 0 Å². The zero-order valence-electron chi connectivity index (χ0n) is 10.7. The summed E-state index contributed by atoms with van der Waals surface area (Å²) in [4.78, 5) is 0.266. The third kappa shape index (κ3) is 2.30. The van der Waals surface area contributed by atoms with Gasteiger partial charge >= 0.3 is 0 Å². The summed E-state index contributed by atoms with van der Waals surface area (Å²) in [6, 6.07) is 5.23. The molecule has 1 aromatic rings. The Hall–Kier alpha value is -0.580. The second-order valence-corrected chi connectivity index (χ2v) is 8.36. The van der Waals surface area contributed by atoms with Crippen molar-refractivity contribution in [2.45, 2.75) is 54.2 Å². The lowest BCUT2D eigenvalue weighted by molar-refractivity contribution is 0.461. The van der Waals surface area contributed by atoms with Crippen molar-refractivity contribution >= 4 is 21.4 Å². The zero-order valence-corrected chi connectivity index (χ0v) is 12.3. The van der Waals surface area contributed by atoms with Crippen molar-refractivity contribution in [1.82, 2.24) is 0 Å². The van der Waals surface area contributed by atoms with Gasteiger partial charge in [0.25, 0.3) is 0 Å². The lowest BCUT2D eigenvalue weighted by Crippen LogP contribution is -2.33. The molecule has 0 heterocycles. The summed E-state index contributed by atoms with van der Waals surface area (Å²) >= 11 is 6.19. The van der Waals surface area contributed by atoms with E-state index in [4.69, 9.17) is 17.3 Å². The topological polar surface area (TPSA) is 60.2 Å². The Morgan fingerprint density at radius 1 is 1.21 bits per heavy atom. The quantitative estimate of drug-likeness (QED) is 0.933. The largest absolute Gasteiger partial charge is 0.321 e. The highest BCUT2D eigenvalue weighted by Crippen LogP contribution is 2.40. The highest BCUT2D eigenvalue weighted by molar-refractivity contribution is 7.92. The van der Waals surface area contributed by atoms with Crippen LogP contribution in [0.25, 0.3) is 0 Å². The number of hydrogen-bond acceptors (Lipinski definition) is 3. The van der Waals surface area contributed by atoms with Gasteiger partial charge in [0, 0.05) is 5.54 Å². The molecule has 2 aliphatic rings. The molecule has 2 N–H and O–H groups in total. The predicted molar refractivity (Wildman–Crippen MR) is 76.0 cm³/mol. The third-order valence-corrected chi connectivity index (χ3v) is 7.02. The van der Waals surface area contributed by atoms with Gasteiger partial charge in [0.1, 0.15) is 0 Å². The summed E-state index contributed by atoms with van der Waals surface area (Å²) in [6.07, 6.45) is 5.63. The van der Waals surface area contributed by atoms with Gasteiger partial charge in [-0.2, -0.15) is 0 Å². The predicted octanol–water partition coefficient (Wildman–Crippen LogP) is 3.00. The molecule has 3 rings (SSSR count). The lowest BCUT2D eigenvalue weighted by Gasteiger charge is -2.24. The Kier molecular flexibility index (Phi) is 3.15. The number of nitrogens with two attached hydrogens (primary N) is 1. The highest BCUT2D eigenvalue weighted by atomic mass is 35.5. The van der Waals surface area contributed by atoms with Crippen LogP contribution in [-0.4, -0.2) is 13.7 Å². The smallest absolute Gasteiger partial charge is 0.182 e. The molecular weight excluding hydrogens is 282 g/mol. The van der Waals surface area contributed by atoms with Crippen molar-refractivity contribution in [2.24, 2.45) is 5.73 Å². The average Bonchev–Trinajstić information content (AvgIpc) is 3.13. The van der Waals surface area contributed by atoms with Crippen molar-refractivity contribution in [3.05, 3.63) is 28.8 Å². The summed E-state index contributed by atoms with van der Waals surface area (Å²) in [5, 5.41) is 0.0929. The van der Waals surface area contributed by atoms with Crippen molar-refractivity contribution in [2.75, 3.05) is 0 Å². The molecule has 2 saturated carbocycles.